The van der Waals surface area contributed by atoms with Crippen LogP contribution in [0.4, 0.5) is 11.4 Å². The van der Waals surface area contributed by atoms with Crippen molar-refractivity contribution >= 4 is 32.3 Å². The molecule has 0 bridgehead atoms. The second-order valence-electron chi connectivity index (χ2n) is 4.77. The maximum Gasteiger partial charge on any atom is 1.00 e. The van der Waals surface area contributed by atoms with Gasteiger partial charge in [0.25, 0.3) is 0 Å². The third-order valence-electron chi connectivity index (χ3n) is 3.27. The third kappa shape index (κ3) is 3.82. The number of phenols is 1. The molecule has 0 radical (unpaired) electrons. The van der Waals surface area contributed by atoms with Gasteiger partial charge in [-0.2, -0.15) is 5.11 Å². The average molecular weight is 350 g/mol. The Balaban J connectivity index is 0.00000208. The molecule has 6 nitrogen and oxygen atoms in total. The van der Waals surface area contributed by atoms with Crippen LogP contribution in [0.1, 0.15) is 0 Å². The Hall–Kier alpha value is -1.77. The summed E-state index contributed by atoms with van der Waals surface area (Å²) in [7, 11) is -4.63. The van der Waals surface area contributed by atoms with E-state index in [1.165, 1.54) is 30.3 Å². The number of azo groups is 1. The van der Waals surface area contributed by atoms with Crippen molar-refractivity contribution < 1.29 is 47.6 Å². The summed E-state index contributed by atoms with van der Waals surface area (Å²) in [6.45, 7) is 0. The Morgan fingerprint density at radius 1 is 0.833 bits per heavy atom. The number of phenolic OH excluding ortho intramolecular Hbond substituents is 1. The molecule has 3 aromatic rings. The minimum Gasteiger partial charge on any atom is -0.744 e. The molecule has 0 saturated carbocycles. The Kier molecular flexibility index (Phi) is 5.74. The molecule has 8 heteroatoms. The van der Waals surface area contributed by atoms with E-state index >= 15 is 0 Å². The fourth-order valence-electron chi connectivity index (χ4n) is 2.21. The summed E-state index contributed by atoms with van der Waals surface area (Å²) >= 11 is 0. The van der Waals surface area contributed by atoms with E-state index in [0.717, 1.165) is 0 Å². The van der Waals surface area contributed by atoms with E-state index < -0.39 is 10.1 Å². The summed E-state index contributed by atoms with van der Waals surface area (Å²) in [5, 5.41) is 18.6. The van der Waals surface area contributed by atoms with Crippen molar-refractivity contribution in [3.8, 4) is 5.75 Å². The van der Waals surface area contributed by atoms with E-state index in [2.05, 4.69) is 10.2 Å². The number of fused-ring (bicyclic) bond motifs is 1. The van der Waals surface area contributed by atoms with Crippen molar-refractivity contribution in [3.05, 3.63) is 60.7 Å². The molecule has 0 unspecified atom stereocenters. The van der Waals surface area contributed by atoms with Crippen LogP contribution < -0.4 is 29.6 Å². The van der Waals surface area contributed by atoms with Gasteiger partial charge in [0.05, 0.1) is 10.6 Å². The van der Waals surface area contributed by atoms with Crippen LogP contribution in [0.5, 0.6) is 5.75 Å². The van der Waals surface area contributed by atoms with Crippen LogP contribution in [0.2, 0.25) is 0 Å². The van der Waals surface area contributed by atoms with E-state index in [9.17, 15) is 18.1 Å². The summed E-state index contributed by atoms with van der Waals surface area (Å²) in [5.41, 5.74) is 0.796. The van der Waals surface area contributed by atoms with Gasteiger partial charge >= 0.3 is 29.6 Å². The van der Waals surface area contributed by atoms with E-state index in [1.807, 2.05) is 6.07 Å². The summed E-state index contributed by atoms with van der Waals surface area (Å²) < 4.78 is 33.8. The van der Waals surface area contributed by atoms with Gasteiger partial charge in [0.2, 0.25) is 0 Å². The number of aromatic hydroxyl groups is 1. The fraction of sp³-hybridized carbons (Fsp3) is 0. The molecule has 0 aromatic heterocycles. The summed E-state index contributed by atoms with van der Waals surface area (Å²) in [6.07, 6.45) is 0. The minimum atomic E-state index is -4.63. The number of hydrogen-bond acceptors (Lipinski definition) is 6. The topological polar surface area (TPSA) is 102 Å². The van der Waals surface area contributed by atoms with Crippen LogP contribution in [-0.4, -0.2) is 18.1 Å². The van der Waals surface area contributed by atoms with Crippen molar-refractivity contribution in [2.45, 2.75) is 4.90 Å². The molecule has 0 amide bonds. The van der Waals surface area contributed by atoms with Crippen LogP contribution in [-0.2, 0) is 10.1 Å². The van der Waals surface area contributed by atoms with Gasteiger partial charge in [-0.25, -0.2) is 8.42 Å². The Labute approximate surface area is 160 Å². The second kappa shape index (κ2) is 7.42. The van der Waals surface area contributed by atoms with E-state index in [0.29, 0.717) is 5.69 Å². The molecule has 1 N–H and O–H groups in total. The predicted molar refractivity (Wildman–Crippen MR) is 84.2 cm³/mol. The fourth-order valence-corrected chi connectivity index (χ4v) is 2.90. The molecule has 0 heterocycles. The Morgan fingerprint density at radius 2 is 1.54 bits per heavy atom. The first kappa shape index (κ1) is 18.6. The smallest absolute Gasteiger partial charge is 0.744 e. The molecule has 0 aliphatic heterocycles. The van der Waals surface area contributed by atoms with Crippen molar-refractivity contribution in [1.82, 2.24) is 0 Å². The van der Waals surface area contributed by atoms with Gasteiger partial charge in [0.1, 0.15) is 15.8 Å². The van der Waals surface area contributed by atoms with E-state index in [-0.39, 0.29) is 56.7 Å². The summed E-state index contributed by atoms with van der Waals surface area (Å²) in [5.74, 6) is -0.229. The van der Waals surface area contributed by atoms with Gasteiger partial charge in [0, 0.05) is 10.8 Å². The van der Waals surface area contributed by atoms with Crippen LogP contribution in [0.3, 0.4) is 0 Å². The maximum atomic E-state index is 11.3. The quantitative estimate of drug-likeness (QED) is 0.430. The van der Waals surface area contributed by atoms with Gasteiger partial charge in [-0.1, -0.05) is 36.4 Å². The van der Waals surface area contributed by atoms with Crippen molar-refractivity contribution in [2.24, 2.45) is 10.2 Å². The Morgan fingerprint density at radius 3 is 2.21 bits per heavy atom. The van der Waals surface area contributed by atoms with Gasteiger partial charge in [0.15, 0.2) is 5.75 Å². The standard InChI is InChI=1S/C16H12N2O4S.Na/c19-16-13-7-4-8-15(23(20,21)22)12(13)9-10-14(16)18-17-11-5-2-1-3-6-11;/h1-10,19H,(H,20,21,22);/q;+1/p-1. The van der Waals surface area contributed by atoms with Crippen molar-refractivity contribution in [2.75, 3.05) is 0 Å². The molecule has 3 aromatic carbocycles. The molecule has 0 fully saturated rings. The average Bonchev–Trinajstić information content (AvgIpc) is 2.54. The molecule has 0 saturated heterocycles. The first-order valence-corrected chi connectivity index (χ1v) is 8.05. The van der Waals surface area contributed by atoms with Crippen LogP contribution in [0.25, 0.3) is 10.8 Å². The van der Waals surface area contributed by atoms with Gasteiger partial charge in [-0.3, -0.25) is 0 Å². The molecule has 0 aliphatic rings. The molecule has 24 heavy (non-hydrogen) atoms. The zero-order chi connectivity index (χ0) is 16.4. The third-order valence-corrected chi connectivity index (χ3v) is 4.17. The molecule has 0 aliphatic carbocycles. The SMILES string of the molecule is O=S(=O)([O-])c1cccc2c(O)c(N=Nc3ccccc3)ccc12.[Na+]. The maximum absolute atomic E-state index is 11.3. The predicted octanol–water partition coefficient (Wildman–Crippen LogP) is 0.869. The largest absolute Gasteiger partial charge is 1.00 e. The zero-order valence-electron chi connectivity index (χ0n) is 12.7. The van der Waals surface area contributed by atoms with Gasteiger partial charge in [-0.15, -0.1) is 5.11 Å². The first-order valence-electron chi connectivity index (χ1n) is 6.64. The van der Waals surface area contributed by atoms with Gasteiger partial charge < -0.3 is 9.66 Å². The van der Waals surface area contributed by atoms with E-state index in [1.54, 1.807) is 24.3 Å². The number of benzene rings is 3. The van der Waals surface area contributed by atoms with Crippen molar-refractivity contribution in [1.29, 1.82) is 0 Å². The first-order chi connectivity index (χ1) is 11.0. The van der Waals surface area contributed by atoms with Crippen LogP contribution in [0, 0.1) is 0 Å². The van der Waals surface area contributed by atoms with Crippen LogP contribution >= 0.6 is 0 Å². The normalized spacial score (nSPS) is 11.5. The van der Waals surface area contributed by atoms with E-state index in [4.69, 9.17) is 0 Å². The second-order valence-corrected chi connectivity index (χ2v) is 6.12. The zero-order valence-corrected chi connectivity index (χ0v) is 15.6. The number of hydrogen-bond donors (Lipinski definition) is 1. The molecular formula is C16H11N2NaO4S. The summed E-state index contributed by atoms with van der Waals surface area (Å²) in [4.78, 5) is -0.378. The molecule has 3 rings (SSSR count). The molecule has 0 spiro atoms. The number of nitrogens with zero attached hydrogens (tertiary/aromatic N) is 2. The van der Waals surface area contributed by atoms with Gasteiger partial charge in [-0.05, 0) is 24.3 Å². The molecule has 116 valence electrons. The summed E-state index contributed by atoms with van der Waals surface area (Å²) in [6, 6.07) is 15.9. The van der Waals surface area contributed by atoms with Crippen molar-refractivity contribution in [3.63, 3.8) is 0 Å². The number of rotatable bonds is 3. The molecule has 0 atom stereocenters. The minimum absolute atomic E-state index is 0. The molecular weight excluding hydrogens is 339 g/mol. The monoisotopic (exact) mass is 350 g/mol. The Bertz CT molecular complexity index is 1010. The van der Waals surface area contributed by atoms with Crippen LogP contribution in [0.15, 0.2) is 75.8 Å².